The van der Waals surface area contributed by atoms with Crippen molar-refractivity contribution in [2.24, 2.45) is 5.92 Å². The molecule has 4 heteroatoms. The summed E-state index contributed by atoms with van der Waals surface area (Å²) in [5.74, 6) is 0.657. The molecule has 100 valence electrons. The highest BCUT2D eigenvalue weighted by molar-refractivity contribution is 4.90. The van der Waals surface area contributed by atoms with Gasteiger partial charge in [0.2, 0.25) is 0 Å². The van der Waals surface area contributed by atoms with E-state index in [1.807, 2.05) is 6.92 Å². The first-order chi connectivity index (χ1) is 7.97. The van der Waals surface area contributed by atoms with Crippen molar-refractivity contribution in [3.63, 3.8) is 0 Å². The van der Waals surface area contributed by atoms with Gasteiger partial charge in [0.15, 0.2) is 0 Å². The van der Waals surface area contributed by atoms with Gasteiger partial charge in [0.25, 0.3) is 0 Å². The summed E-state index contributed by atoms with van der Waals surface area (Å²) < 4.78 is 35.9. The molecule has 1 aliphatic rings. The molecule has 0 amide bonds. The fourth-order valence-electron chi connectivity index (χ4n) is 2.12. The molecule has 1 nitrogen and oxygen atoms in total. The zero-order valence-electron chi connectivity index (χ0n) is 10.4. The number of hydrogen-bond donors (Lipinski definition) is 1. The van der Waals surface area contributed by atoms with Crippen LogP contribution in [0.4, 0.5) is 13.2 Å². The van der Waals surface area contributed by atoms with Gasteiger partial charge in [-0.05, 0) is 51.5 Å². The van der Waals surface area contributed by atoms with Gasteiger partial charge in [-0.1, -0.05) is 12.2 Å². The predicted molar refractivity (Wildman–Crippen MR) is 63.9 cm³/mol. The van der Waals surface area contributed by atoms with Gasteiger partial charge < -0.3 is 5.32 Å². The van der Waals surface area contributed by atoms with Crippen LogP contribution in [0.2, 0.25) is 0 Å². The van der Waals surface area contributed by atoms with Gasteiger partial charge in [-0.3, -0.25) is 0 Å². The summed E-state index contributed by atoms with van der Waals surface area (Å²) >= 11 is 0. The van der Waals surface area contributed by atoms with Crippen LogP contribution in [0, 0.1) is 5.92 Å². The second kappa shape index (κ2) is 7.04. The van der Waals surface area contributed by atoms with Crippen molar-refractivity contribution in [1.82, 2.24) is 5.32 Å². The first-order valence-corrected chi connectivity index (χ1v) is 6.42. The van der Waals surface area contributed by atoms with E-state index in [0.717, 1.165) is 19.4 Å². The van der Waals surface area contributed by atoms with E-state index in [-0.39, 0.29) is 12.5 Å². The van der Waals surface area contributed by atoms with E-state index >= 15 is 0 Å². The molecular weight excluding hydrogens is 227 g/mol. The van der Waals surface area contributed by atoms with Crippen LogP contribution in [-0.2, 0) is 0 Å². The van der Waals surface area contributed by atoms with Crippen LogP contribution in [0.5, 0.6) is 0 Å². The molecule has 1 N–H and O–H groups in total. The number of allylic oxidation sites excluding steroid dienone is 2. The van der Waals surface area contributed by atoms with Gasteiger partial charge in [0, 0.05) is 12.5 Å². The lowest BCUT2D eigenvalue weighted by Crippen LogP contribution is -2.31. The first kappa shape index (κ1) is 14.6. The van der Waals surface area contributed by atoms with Crippen molar-refractivity contribution >= 4 is 0 Å². The van der Waals surface area contributed by atoms with E-state index in [9.17, 15) is 13.2 Å². The molecule has 0 spiro atoms. The molecule has 0 radical (unpaired) electrons. The van der Waals surface area contributed by atoms with Gasteiger partial charge in [-0.2, -0.15) is 13.2 Å². The zero-order valence-corrected chi connectivity index (χ0v) is 10.4. The maximum absolute atomic E-state index is 12.0. The SMILES string of the molecule is CC(CCCC(F)(F)F)NCC1CC=CCC1. The lowest BCUT2D eigenvalue weighted by atomic mass is 9.94. The average molecular weight is 249 g/mol. The molecule has 0 aliphatic heterocycles. The minimum Gasteiger partial charge on any atom is -0.314 e. The van der Waals surface area contributed by atoms with E-state index in [1.54, 1.807) is 0 Å². The van der Waals surface area contributed by atoms with Crippen molar-refractivity contribution in [2.75, 3.05) is 6.54 Å². The highest BCUT2D eigenvalue weighted by Gasteiger charge is 2.26. The van der Waals surface area contributed by atoms with E-state index in [0.29, 0.717) is 12.3 Å². The fraction of sp³-hybridized carbons (Fsp3) is 0.846. The molecule has 0 aromatic rings. The summed E-state index contributed by atoms with van der Waals surface area (Å²) in [6.07, 6.45) is 3.98. The number of rotatable bonds is 6. The fourth-order valence-corrected chi connectivity index (χ4v) is 2.12. The highest BCUT2D eigenvalue weighted by Crippen LogP contribution is 2.23. The van der Waals surface area contributed by atoms with E-state index in [1.165, 1.54) is 6.42 Å². The van der Waals surface area contributed by atoms with E-state index < -0.39 is 12.6 Å². The molecule has 2 atom stereocenters. The maximum atomic E-state index is 12.0. The number of nitrogens with one attached hydrogen (secondary N) is 1. The summed E-state index contributed by atoms with van der Waals surface area (Å²) in [5, 5.41) is 3.34. The lowest BCUT2D eigenvalue weighted by molar-refractivity contribution is -0.135. The molecule has 0 aromatic heterocycles. The van der Waals surface area contributed by atoms with Gasteiger partial charge >= 0.3 is 6.18 Å². The summed E-state index contributed by atoms with van der Waals surface area (Å²) in [6.45, 7) is 2.90. The van der Waals surface area contributed by atoms with Crippen molar-refractivity contribution in [2.45, 2.75) is 57.7 Å². The molecule has 0 bridgehead atoms. The third-order valence-electron chi connectivity index (χ3n) is 3.23. The maximum Gasteiger partial charge on any atom is 0.389 e. The molecule has 0 saturated heterocycles. The summed E-state index contributed by atoms with van der Waals surface area (Å²) in [4.78, 5) is 0. The molecule has 1 aliphatic carbocycles. The molecule has 1 rings (SSSR count). The third-order valence-corrected chi connectivity index (χ3v) is 3.23. The van der Waals surface area contributed by atoms with Crippen LogP contribution >= 0.6 is 0 Å². The minimum absolute atomic E-state index is 0.184. The van der Waals surface area contributed by atoms with Crippen LogP contribution in [0.1, 0.15) is 45.4 Å². The van der Waals surface area contributed by atoms with Crippen LogP contribution in [-0.4, -0.2) is 18.8 Å². The van der Waals surface area contributed by atoms with Gasteiger partial charge in [-0.15, -0.1) is 0 Å². The Morgan fingerprint density at radius 2 is 2.12 bits per heavy atom. The Morgan fingerprint density at radius 1 is 1.35 bits per heavy atom. The zero-order chi connectivity index (χ0) is 12.7. The van der Waals surface area contributed by atoms with Gasteiger partial charge in [0.1, 0.15) is 0 Å². The number of hydrogen-bond acceptors (Lipinski definition) is 1. The summed E-state index contributed by atoms with van der Waals surface area (Å²) in [7, 11) is 0. The second-order valence-corrected chi connectivity index (χ2v) is 4.97. The molecular formula is C13H22F3N. The van der Waals surface area contributed by atoms with Crippen molar-refractivity contribution in [3.05, 3.63) is 12.2 Å². The topological polar surface area (TPSA) is 12.0 Å². The molecule has 0 heterocycles. The Kier molecular flexibility index (Phi) is 6.03. The van der Waals surface area contributed by atoms with Gasteiger partial charge in [0.05, 0.1) is 0 Å². The van der Waals surface area contributed by atoms with E-state index in [4.69, 9.17) is 0 Å². The largest absolute Gasteiger partial charge is 0.389 e. The van der Waals surface area contributed by atoms with Crippen LogP contribution in [0.25, 0.3) is 0 Å². The van der Waals surface area contributed by atoms with Crippen LogP contribution in [0.15, 0.2) is 12.2 Å². The standard InChI is InChI=1S/C13H22F3N/c1-11(6-5-9-13(14,15)16)17-10-12-7-3-2-4-8-12/h2-3,11-12,17H,4-10H2,1H3. The normalized spacial score (nSPS) is 22.7. The Balaban J connectivity index is 2.04. The van der Waals surface area contributed by atoms with Crippen LogP contribution < -0.4 is 5.32 Å². The highest BCUT2D eigenvalue weighted by atomic mass is 19.4. The Hall–Kier alpha value is -0.510. The van der Waals surface area contributed by atoms with E-state index in [2.05, 4.69) is 17.5 Å². The molecule has 0 fully saturated rings. The molecule has 0 saturated carbocycles. The third kappa shape index (κ3) is 7.42. The smallest absolute Gasteiger partial charge is 0.314 e. The van der Waals surface area contributed by atoms with Gasteiger partial charge in [-0.25, -0.2) is 0 Å². The van der Waals surface area contributed by atoms with Crippen molar-refractivity contribution in [1.29, 1.82) is 0 Å². The first-order valence-electron chi connectivity index (χ1n) is 6.42. The number of halogens is 3. The molecule has 0 aromatic carbocycles. The van der Waals surface area contributed by atoms with Crippen molar-refractivity contribution in [3.8, 4) is 0 Å². The summed E-state index contributed by atoms with van der Waals surface area (Å²) in [5.41, 5.74) is 0. The quantitative estimate of drug-likeness (QED) is 0.700. The minimum atomic E-state index is -4.01. The Bertz CT molecular complexity index is 235. The summed E-state index contributed by atoms with van der Waals surface area (Å²) in [6, 6.07) is 0.184. The van der Waals surface area contributed by atoms with Crippen LogP contribution in [0.3, 0.4) is 0 Å². The number of alkyl halides is 3. The Labute approximate surface area is 101 Å². The van der Waals surface area contributed by atoms with Crippen molar-refractivity contribution < 1.29 is 13.2 Å². The monoisotopic (exact) mass is 249 g/mol. The average Bonchev–Trinajstić information content (AvgIpc) is 2.26. The lowest BCUT2D eigenvalue weighted by Gasteiger charge is -2.21. The predicted octanol–water partition coefficient (Wildman–Crippen LogP) is 4.05. The Morgan fingerprint density at radius 3 is 2.71 bits per heavy atom. The molecule has 17 heavy (non-hydrogen) atoms. The second-order valence-electron chi connectivity index (χ2n) is 4.97. The molecule has 2 unspecified atom stereocenters.